The molecule has 1 N–H and O–H groups in total. The first-order valence-corrected chi connectivity index (χ1v) is 10.3. The highest BCUT2D eigenvalue weighted by Gasteiger charge is 2.27. The molecule has 2 aliphatic rings. The van der Waals surface area contributed by atoms with Crippen molar-refractivity contribution in [1.29, 1.82) is 0 Å². The Labute approximate surface area is 165 Å². The molecule has 0 amide bonds. The SMILES string of the molecule is C=C(c1ccn2ncc(C3CC3)c2n1)c1cnc(NC2CCCCC2)nc1C. The molecule has 2 aliphatic carbocycles. The molecular formula is C22H26N6. The van der Waals surface area contributed by atoms with Crippen molar-refractivity contribution in [3.05, 3.63) is 53.8 Å². The van der Waals surface area contributed by atoms with E-state index in [0.717, 1.165) is 34.1 Å². The van der Waals surface area contributed by atoms with Gasteiger partial charge in [-0.2, -0.15) is 5.10 Å². The Morgan fingerprint density at radius 2 is 1.93 bits per heavy atom. The summed E-state index contributed by atoms with van der Waals surface area (Å²) in [5.74, 6) is 1.33. The minimum absolute atomic E-state index is 0.494. The zero-order valence-electron chi connectivity index (χ0n) is 16.4. The van der Waals surface area contributed by atoms with Crippen LogP contribution in [0.25, 0.3) is 11.2 Å². The van der Waals surface area contributed by atoms with Crippen LogP contribution in [-0.4, -0.2) is 30.6 Å². The third-order valence-electron chi connectivity index (χ3n) is 5.97. The molecular weight excluding hydrogens is 348 g/mol. The lowest BCUT2D eigenvalue weighted by molar-refractivity contribution is 0.460. The minimum Gasteiger partial charge on any atom is -0.351 e. The van der Waals surface area contributed by atoms with E-state index in [9.17, 15) is 0 Å². The van der Waals surface area contributed by atoms with E-state index in [2.05, 4.69) is 22.0 Å². The van der Waals surface area contributed by atoms with Gasteiger partial charge in [0, 0.05) is 35.1 Å². The van der Waals surface area contributed by atoms with Crippen molar-refractivity contribution in [2.24, 2.45) is 0 Å². The van der Waals surface area contributed by atoms with Crippen LogP contribution in [-0.2, 0) is 0 Å². The van der Waals surface area contributed by atoms with E-state index in [1.807, 2.05) is 36.1 Å². The summed E-state index contributed by atoms with van der Waals surface area (Å²) in [5.41, 5.74) is 5.76. The van der Waals surface area contributed by atoms with Gasteiger partial charge in [0.2, 0.25) is 5.95 Å². The smallest absolute Gasteiger partial charge is 0.223 e. The quantitative estimate of drug-likeness (QED) is 0.711. The van der Waals surface area contributed by atoms with Crippen LogP contribution in [0.4, 0.5) is 5.95 Å². The second-order valence-electron chi connectivity index (χ2n) is 8.11. The van der Waals surface area contributed by atoms with Crippen molar-refractivity contribution in [3.63, 3.8) is 0 Å². The normalized spacial score (nSPS) is 17.8. The Morgan fingerprint density at radius 3 is 2.68 bits per heavy atom. The first-order valence-electron chi connectivity index (χ1n) is 10.3. The molecule has 3 aromatic rings. The van der Waals surface area contributed by atoms with Gasteiger partial charge < -0.3 is 5.32 Å². The summed E-state index contributed by atoms with van der Waals surface area (Å²) in [7, 11) is 0. The number of aryl methyl sites for hydroxylation is 1. The highest BCUT2D eigenvalue weighted by atomic mass is 15.2. The summed E-state index contributed by atoms with van der Waals surface area (Å²) in [6.45, 7) is 6.31. The van der Waals surface area contributed by atoms with Gasteiger partial charge in [0.05, 0.1) is 17.6 Å². The fourth-order valence-corrected chi connectivity index (χ4v) is 4.14. The van der Waals surface area contributed by atoms with Crippen molar-refractivity contribution in [2.45, 2.75) is 63.8 Å². The zero-order chi connectivity index (χ0) is 19.1. The van der Waals surface area contributed by atoms with Crippen molar-refractivity contribution in [2.75, 3.05) is 5.32 Å². The molecule has 28 heavy (non-hydrogen) atoms. The number of aromatic nitrogens is 5. The van der Waals surface area contributed by atoms with Gasteiger partial charge in [0.1, 0.15) is 0 Å². The number of anilines is 1. The summed E-state index contributed by atoms with van der Waals surface area (Å²) in [4.78, 5) is 14.1. The van der Waals surface area contributed by atoms with Gasteiger partial charge in [0.15, 0.2) is 5.65 Å². The Bertz CT molecular complexity index is 1030. The number of nitrogens with one attached hydrogen (secondary N) is 1. The van der Waals surface area contributed by atoms with Crippen LogP contribution >= 0.6 is 0 Å². The van der Waals surface area contributed by atoms with Gasteiger partial charge in [-0.15, -0.1) is 0 Å². The highest BCUT2D eigenvalue weighted by Crippen LogP contribution is 2.41. The fourth-order valence-electron chi connectivity index (χ4n) is 4.14. The molecule has 3 aromatic heterocycles. The number of hydrogen-bond donors (Lipinski definition) is 1. The molecule has 0 bridgehead atoms. The van der Waals surface area contributed by atoms with Crippen LogP contribution < -0.4 is 5.32 Å². The summed E-state index contributed by atoms with van der Waals surface area (Å²) < 4.78 is 1.85. The second kappa shape index (κ2) is 7.00. The molecule has 0 atom stereocenters. The molecule has 0 saturated heterocycles. The number of nitrogens with zero attached hydrogens (tertiary/aromatic N) is 5. The summed E-state index contributed by atoms with van der Waals surface area (Å²) in [6, 6.07) is 2.46. The summed E-state index contributed by atoms with van der Waals surface area (Å²) >= 11 is 0. The maximum absolute atomic E-state index is 4.86. The monoisotopic (exact) mass is 374 g/mol. The molecule has 5 rings (SSSR count). The van der Waals surface area contributed by atoms with Crippen LogP contribution in [0.1, 0.15) is 73.4 Å². The average Bonchev–Trinajstić information content (AvgIpc) is 3.47. The Balaban J connectivity index is 1.40. The predicted octanol–water partition coefficient (Wildman–Crippen LogP) is 4.51. The van der Waals surface area contributed by atoms with Crippen molar-refractivity contribution in [1.82, 2.24) is 24.6 Å². The molecule has 0 unspecified atom stereocenters. The van der Waals surface area contributed by atoms with E-state index in [-0.39, 0.29) is 0 Å². The lowest BCUT2D eigenvalue weighted by atomic mass is 9.96. The van der Waals surface area contributed by atoms with Crippen molar-refractivity contribution < 1.29 is 0 Å². The van der Waals surface area contributed by atoms with Crippen LogP contribution in [0.15, 0.2) is 31.2 Å². The minimum atomic E-state index is 0.494. The molecule has 3 heterocycles. The molecule has 0 aliphatic heterocycles. The fraction of sp³-hybridized carbons (Fsp3) is 0.455. The molecule has 0 aromatic carbocycles. The number of fused-ring (bicyclic) bond motifs is 1. The van der Waals surface area contributed by atoms with E-state index in [0.29, 0.717) is 12.0 Å². The van der Waals surface area contributed by atoms with Gasteiger partial charge in [-0.3, -0.25) is 0 Å². The van der Waals surface area contributed by atoms with E-state index in [1.54, 1.807) is 0 Å². The van der Waals surface area contributed by atoms with Gasteiger partial charge >= 0.3 is 0 Å². The van der Waals surface area contributed by atoms with Crippen LogP contribution in [0, 0.1) is 6.92 Å². The second-order valence-corrected chi connectivity index (χ2v) is 8.11. The van der Waals surface area contributed by atoms with Crippen LogP contribution in [0.3, 0.4) is 0 Å². The Hall–Kier alpha value is -2.76. The average molecular weight is 374 g/mol. The maximum atomic E-state index is 4.86. The van der Waals surface area contributed by atoms with Gasteiger partial charge in [-0.1, -0.05) is 25.8 Å². The lowest BCUT2D eigenvalue weighted by Crippen LogP contribution is -2.23. The van der Waals surface area contributed by atoms with Gasteiger partial charge in [0.25, 0.3) is 0 Å². The molecule has 144 valence electrons. The lowest BCUT2D eigenvalue weighted by Gasteiger charge is -2.23. The summed E-state index contributed by atoms with van der Waals surface area (Å²) in [6.07, 6.45) is 14.6. The van der Waals surface area contributed by atoms with E-state index < -0.39 is 0 Å². The van der Waals surface area contributed by atoms with E-state index in [1.165, 1.54) is 50.5 Å². The van der Waals surface area contributed by atoms with Crippen LogP contribution in [0.2, 0.25) is 0 Å². The predicted molar refractivity (Wildman–Crippen MR) is 110 cm³/mol. The van der Waals surface area contributed by atoms with Crippen molar-refractivity contribution >= 4 is 17.2 Å². The first-order chi connectivity index (χ1) is 13.7. The molecule has 0 spiro atoms. The van der Waals surface area contributed by atoms with E-state index in [4.69, 9.17) is 9.97 Å². The third-order valence-corrected chi connectivity index (χ3v) is 5.97. The Kier molecular flexibility index (Phi) is 4.34. The number of hydrogen-bond acceptors (Lipinski definition) is 5. The number of rotatable bonds is 5. The standard InChI is InChI=1S/C22H26N6/c1-14(20-10-11-28-21(27-20)19(13-24-28)16-8-9-16)18-12-23-22(25-15(18)2)26-17-6-4-3-5-7-17/h10-13,16-17H,1,3-9H2,2H3,(H,23,25,26). The molecule has 2 saturated carbocycles. The third kappa shape index (κ3) is 3.28. The molecule has 6 heteroatoms. The molecule has 6 nitrogen and oxygen atoms in total. The topological polar surface area (TPSA) is 68.0 Å². The maximum Gasteiger partial charge on any atom is 0.223 e. The largest absolute Gasteiger partial charge is 0.351 e. The molecule has 0 radical (unpaired) electrons. The molecule has 2 fully saturated rings. The van der Waals surface area contributed by atoms with Crippen molar-refractivity contribution in [3.8, 4) is 0 Å². The highest BCUT2D eigenvalue weighted by molar-refractivity contribution is 5.77. The van der Waals surface area contributed by atoms with Crippen LogP contribution in [0.5, 0.6) is 0 Å². The zero-order valence-corrected chi connectivity index (χ0v) is 16.4. The van der Waals surface area contributed by atoms with E-state index >= 15 is 0 Å². The van der Waals surface area contributed by atoms with Gasteiger partial charge in [-0.25, -0.2) is 19.5 Å². The summed E-state index contributed by atoms with van der Waals surface area (Å²) in [5, 5.41) is 7.93. The van der Waals surface area contributed by atoms with Gasteiger partial charge in [-0.05, 0) is 44.6 Å². The Morgan fingerprint density at radius 1 is 1.11 bits per heavy atom. The first kappa shape index (κ1) is 17.3.